The minimum absolute atomic E-state index is 0.0160. The summed E-state index contributed by atoms with van der Waals surface area (Å²) in [6, 6.07) is 0. The second-order valence-electron chi connectivity index (χ2n) is 26.1. The summed E-state index contributed by atoms with van der Waals surface area (Å²) in [5.41, 5.74) is -4.41. The highest BCUT2D eigenvalue weighted by Crippen LogP contribution is 2.76. The summed E-state index contributed by atoms with van der Waals surface area (Å²) >= 11 is 0. The first-order valence-corrected chi connectivity index (χ1v) is 27.8. The van der Waals surface area contributed by atoms with Gasteiger partial charge in [-0.25, -0.2) is 0 Å². The van der Waals surface area contributed by atoms with Gasteiger partial charge in [-0.1, -0.05) is 46.8 Å². The van der Waals surface area contributed by atoms with Crippen molar-refractivity contribution < 1.29 is 114 Å². The molecule has 0 amide bonds. The Morgan fingerprint density at radius 3 is 1.75 bits per heavy atom. The van der Waals surface area contributed by atoms with Gasteiger partial charge in [0.1, 0.15) is 91.6 Å². The Morgan fingerprint density at radius 1 is 0.571 bits per heavy atom. The topological polar surface area (TPSA) is 377 Å². The summed E-state index contributed by atoms with van der Waals surface area (Å²) in [5, 5.41) is 163. The quantitative estimate of drug-likeness (QED) is 0.0611. The molecule has 4 saturated carbocycles. The van der Waals surface area contributed by atoms with Gasteiger partial charge in [-0.15, -0.1) is 0 Å². The highest BCUT2D eigenvalue weighted by atomic mass is 16.8. The van der Waals surface area contributed by atoms with E-state index >= 15 is 0 Å². The fraction of sp³-hybridized carbons (Fsp3) is 0.963. The molecular formula is C54H92O23. The van der Waals surface area contributed by atoms with Crippen LogP contribution in [-0.2, 0) is 37.9 Å². The molecule has 0 aromatic rings. The van der Waals surface area contributed by atoms with Crippen molar-refractivity contribution in [2.75, 3.05) is 19.8 Å². The minimum Gasteiger partial charge on any atom is -0.394 e. The third-order valence-electron chi connectivity index (χ3n) is 20.8. The van der Waals surface area contributed by atoms with Gasteiger partial charge in [0.15, 0.2) is 25.2 Å². The number of ether oxygens (including phenoxy) is 8. The molecule has 8 rings (SSSR count). The SMILES string of the molecule is CC1OC(OC2C(OC3CCC4(C)C(CC(O)C5(C)C4CCC4C(C(C)(CC=CC(C)(C)O)OC6OC(COC7OC(CO)C(O)C(O)C7O)C(O)C(O)C6O)CCC45C)C3(C)C)OC(CO)C(O)C2O)C(O)C(O)C1O. The summed E-state index contributed by atoms with van der Waals surface area (Å²) in [6.07, 6.45) is -24.0. The van der Waals surface area contributed by atoms with E-state index in [-0.39, 0.29) is 35.5 Å². The molecule has 0 spiro atoms. The predicted octanol–water partition coefficient (Wildman–Crippen LogP) is -2.20. The van der Waals surface area contributed by atoms with Gasteiger partial charge in [-0.3, -0.25) is 0 Å². The molecular weight excluding hydrogens is 1020 g/mol. The largest absolute Gasteiger partial charge is 0.394 e. The number of rotatable bonds is 15. The zero-order valence-electron chi connectivity index (χ0n) is 45.9. The normalized spacial score (nSPS) is 53.1. The standard InChI is InChI=1S/C54H92O23/c1-23-33(58)37(62)42(67)46(71-23)76-44-40(65)35(60)27(21-56)73-48(44)75-32-14-17-51(6)29-12-11-24-25(13-18-52(24,7)54(29,9)31(57)19-30(51)50(32,4)5)53(8,16-10-15-49(2,3)69)77-47-43(68)39(64)36(61)28(74-47)22-70-45-41(66)38(63)34(59)26(20-55)72-45/h10,15,23-48,55-69H,11-14,16-22H2,1-9H3. The molecule has 23 nitrogen and oxygen atoms in total. The smallest absolute Gasteiger partial charge is 0.187 e. The van der Waals surface area contributed by atoms with Gasteiger partial charge in [0.25, 0.3) is 0 Å². The average molecular weight is 1110 g/mol. The Bertz CT molecular complexity index is 2010. The van der Waals surface area contributed by atoms with E-state index in [1.54, 1.807) is 19.9 Å². The first-order chi connectivity index (χ1) is 35.8. The average Bonchev–Trinajstić information content (AvgIpc) is 3.78. The lowest BCUT2D eigenvalue weighted by molar-refractivity contribution is -0.377. The van der Waals surface area contributed by atoms with Crippen molar-refractivity contribution in [3.63, 3.8) is 0 Å². The van der Waals surface area contributed by atoms with E-state index < -0.39 is 182 Å². The van der Waals surface area contributed by atoms with Crippen molar-refractivity contribution >= 4 is 0 Å². The van der Waals surface area contributed by atoms with Crippen LogP contribution in [-0.4, -0.2) is 243 Å². The van der Waals surface area contributed by atoms with Crippen LogP contribution in [0.2, 0.25) is 0 Å². The van der Waals surface area contributed by atoms with Gasteiger partial charge in [0.2, 0.25) is 0 Å². The van der Waals surface area contributed by atoms with E-state index in [9.17, 15) is 76.6 Å². The third kappa shape index (κ3) is 10.9. The van der Waals surface area contributed by atoms with E-state index in [1.165, 1.54) is 6.92 Å². The van der Waals surface area contributed by atoms with Gasteiger partial charge < -0.3 is 114 Å². The van der Waals surface area contributed by atoms with Crippen molar-refractivity contribution in [1.29, 1.82) is 0 Å². The Labute approximate surface area is 450 Å². The number of fused-ring (bicyclic) bond motifs is 5. The second-order valence-corrected chi connectivity index (χ2v) is 26.1. The van der Waals surface area contributed by atoms with Gasteiger partial charge in [0, 0.05) is 5.41 Å². The monoisotopic (exact) mass is 1110 g/mol. The summed E-state index contributed by atoms with van der Waals surface area (Å²) in [7, 11) is 0. The van der Waals surface area contributed by atoms with E-state index in [0.29, 0.717) is 32.1 Å². The van der Waals surface area contributed by atoms with Crippen LogP contribution < -0.4 is 0 Å². The van der Waals surface area contributed by atoms with Crippen LogP contribution in [0.5, 0.6) is 0 Å². The molecule has 23 heteroatoms. The van der Waals surface area contributed by atoms with Gasteiger partial charge in [0.05, 0.1) is 49.3 Å². The molecule has 0 aromatic carbocycles. The molecule has 8 aliphatic rings. The maximum absolute atomic E-state index is 12.9. The molecule has 0 radical (unpaired) electrons. The van der Waals surface area contributed by atoms with Crippen LogP contribution in [0.25, 0.3) is 0 Å². The lowest BCUT2D eigenvalue weighted by Gasteiger charge is -2.71. The van der Waals surface area contributed by atoms with Crippen LogP contribution in [0.1, 0.15) is 114 Å². The number of aliphatic hydroxyl groups is 15. The zero-order valence-corrected chi connectivity index (χ0v) is 45.9. The van der Waals surface area contributed by atoms with Crippen molar-refractivity contribution in [1.82, 2.24) is 0 Å². The summed E-state index contributed by atoms with van der Waals surface area (Å²) < 4.78 is 49.0. The lowest BCUT2D eigenvalue weighted by atomic mass is 9.34. The van der Waals surface area contributed by atoms with Gasteiger partial charge in [-0.2, -0.15) is 0 Å². The number of hydrogen-bond donors (Lipinski definition) is 15. The fourth-order valence-electron chi connectivity index (χ4n) is 16.1. The number of aliphatic hydroxyl groups excluding tert-OH is 14. The molecule has 77 heavy (non-hydrogen) atoms. The lowest BCUT2D eigenvalue weighted by Crippen LogP contribution is -2.69. The molecule has 4 aliphatic heterocycles. The molecule has 4 saturated heterocycles. The highest BCUT2D eigenvalue weighted by Gasteiger charge is 2.73. The van der Waals surface area contributed by atoms with Crippen molar-refractivity contribution in [2.24, 2.45) is 45.3 Å². The third-order valence-corrected chi connectivity index (χ3v) is 20.8. The van der Waals surface area contributed by atoms with Crippen molar-refractivity contribution in [3.05, 3.63) is 12.2 Å². The molecule has 0 bridgehead atoms. The van der Waals surface area contributed by atoms with Gasteiger partial charge in [-0.05, 0) is 119 Å². The Morgan fingerprint density at radius 2 is 1.13 bits per heavy atom. The van der Waals surface area contributed by atoms with Crippen molar-refractivity contribution in [3.8, 4) is 0 Å². The number of hydrogen-bond acceptors (Lipinski definition) is 23. The fourth-order valence-corrected chi connectivity index (χ4v) is 16.1. The molecule has 4 aliphatic carbocycles. The van der Waals surface area contributed by atoms with E-state index in [0.717, 1.165) is 12.8 Å². The Balaban J connectivity index is 1.02. The predicted molar refractivity (Wildman–Crippen MR) is 266 cm³/mol. The first-order valence-electron chi connectivity index (χ1n) is 27.8. The molecule has 15 N–H and O–H groups in total. The summed E-state index contributed by atoms with van der Waals surface area (Å²) in [4.78, 5) is 0. The maximum atomic E-state index is 12.9. The zero-order chi connectivity index (χ0) is 56.9. The first kappa shape index (κ1) is 61.9. The van der Waals surface area contributed by atoms with Crippen LogP contribution in [0, 0.1) is 45.3 Å². The molecule has 30 unspecified atom stereocenters. The van der Waals surface area contributed by atoms with E-state index in [4.69, 9.17) is 37.9 Å². The van der Waals surface area contributed by atoms with Crippen LogP contribution in [0.3, 0.4) is 0 Å². The Hall–Kier alpha value is -1.18. The van der Waals surface area contributed by atoms with Crippen LogP contribution >= 0.6 is 0 Å². The molecule has 4 heterocycles. The highest BCUT2D eigenvalue weighted by molar-refractivity contribution is 5.21. The van der Waals surface area contributed by atoms with Crippen LogP contribution in [0.4, 0.5) is 0 Å². The summed E-state index contributed by atoms with van der Waals surface area (Å²) in [5.74, 6) is -0.369. The summed E-state index contributed by atoms with van der Waals surface area (Å²) in [6.45, 7) is 15.7. The molecule has 0 aromatic heterocycles. The molecule has 30 atom stereocenters. The second kappa shape index (κ2) is 22.8. The van der Waals surface area contributed by atoms with Crippen LogP contribution in [0.15, 0.2) is 12.2 Å². The maximum Gasteiger partial charge on any atom is 0.187 e. The van der Waals surface area contributed by atoms with Crippen molar-refractivity contribution in [2.45, 2.75) is 260 Å². The molecule has 446 valence electrons. The van der Waals surface area contributed by atoms with E-state index in [1.807, 2.05) is 13.0 Å². The minimum atomic E-state index is -1.78. The van der Waals surface area contributed by atoms with Gasteiger partial charge >= 0.3 is 0 Å². The molecule has 8 fully saturated rings. The van der Waals surface area contributed by atoms with E-state index in [2.05, 4.69) is 34.6 Å². The Kier molecular flexibility index (Phi) is 18.3.